The van der Waals surface area contributed by atoms with Crippen LogP contribution in [-0.4, -0.2) is 42.5 Å². The van der Waals surface area contributed by atoms with Crippen LogP contribution in [0, 0.1) is 0 Å². The molecule has 2 aromatic rings. The summed E-state index contributed by atoms with van der Waals surface area (Å²) in [6, 6.07) is 12.7. The number of hydrogen-bond acceptors (Lipinski definition) is 6. The number of hydrogen-bond donors (Lipinski definition) is 0. The number of rotatable bonds is 7. The molecule has 0 N–H and O–H groups in total. The summed E-state index contributed by atoms with van der Waals surface area (Å²) in [5.41, 5.74) is 0.707. The summed E-state index contributed by atoms with van der Waals surface area (Å²) in [7, 11) is 3.25. The number of ether oxygens (including phenoxy) is 3. The van der Waals surface area contributed by atoms with Gasteiger partial charge in [0.05, 0.1) is 12.0 Å². The quantitative estimate of drug-likeness (QED) is 0.359. The molecule has 1 saturated heterocycles. The summed E-state index contributed by atoms with van der Waals surface area (Å²) in [6.45, 7) is 0.648. The molecule has 2 aromatic carbocycles. The Hall–Kier alpha value is -2.22. The van der Waals surface area contributed by atoms with Crippen LogP contribution in [0.15, 0.2) is 47.4 Å². The first kappa shape index (κ1) is 20.5. The Morgan fingerprint density at radius 3 is 2.43 bits per heavy atom. The summed E-state index contributed by atoms with van der Waals surface area (Å²) < 4.78 is 17.3. The molecule has 0 spiro atoms. The molecule has 1 fully saturated rings. The van der Waals surface area contributed by atoms with Crippen molar-refractivity contribution in [3.05, 3.63) is 58.0 Å². The van der Waals surface area contributed by atoms with Gasteiger partial charge in [0, 0.05) is 17.6 Å². The highest BCUT2D eigenvalue weighted by molar-refractivity contribution is 8.26. The number of amides is 1. The number of thiocarbonyl (C=S) groups is 1. The van der Waals surface area contributed by atoms with Gasteiger partial charge in [-0.25, -0.2) is 0 Å². The van der Waals surface area contributed by atoms with Crippen molar-refractivity contribution in [3.63, 3.8) is 0 Å². The van der Waals surface area contributed by atoms with E-state index in [1.54, 1.807) is 38.4 Å². The third-order valence-electron chi connectivity index (χ3n) is 3.91. The van der Waals surface area contributed by atoms with Gasteiger partial charge in [-0.05, 0) is 36.4 Å². The van der Waals surface area contributed by atoms with E-state index in [9.17, 15) is 4.79 Å². The minimum atomic E-state index is -0.138. The summed E-state index contributed by atoms with van der Waals surface area (Å²) in [5.74, 6) is 1.78. The van der Waals surface area contributed by atoms with E-state index < -0.39 is 0 Å². The smallest absolute Gasteiger partial charge is 0.265 e. The Bertz CT molecular complexity index is 932. The molecule has 1 aliphatic heterocycles. The SMILES string of the molecule is COc1ccccc1OCCOc1ccc(Cl)cc1C=C1SC(=S)N(C)C1=O. The van der Waals surface area contributed by atoms with Gasteiger partial charge in [0.15, 0.2) is 11.5 Å². The predicted octanol–water partition coefficient (Wildman–Crippen LogP) is 4.64. The van der Waals surface area contributed by atoms with Crippen LogP contribution in [-0.2, 0) is 4.79 Å². The maximum Gasteiger partial charge on any atom is 0.265 e. The van der Waals surface area contributed by atoms with E-state index in [1.807, 2.05) is 24.3 Å². The molecule has 28 heavy (non-hydrogen) atoms. The lowest BCUT2D eigenvalue weighted by molar-refractivity contribution is -0.121. The topological polar surface area (TPSA) is 48.0 Å². The molecule has 1 amide bonds. The fourth-order valence-electron chi connectivity index (χ4n) is 2.49. The number of benzene rings is 2. The lowest BCUT2D eigenvalue weighted by Crippen LogP contribution is -2.22. The summed E-state index contributed by atoms with van der Waals surface area (Å²) in [5, 5.41) is 0.552. The van der Waals surface area contributed by atoms with Crippen LogP contribution in [0.1, 0.15) is 5.56 Å². The molecule has 0 atom stereocenters. The molecule has 3 rings (SSSR count). The fourth-order valence-corrected chi connectivity index (χ4v) is 3.84. The van der Waals surface area contributed by atoms with Gasteiger partial charge in [-0.1, -0.05) is 47.7 Å². The highest BCUT2D eigenvalue weighted by atomic mass is 35.5. The first-order chi connectivity index (χ1) is 13.5. The summed E-state index contributed by atoms with van der Waals surface area (Å²) in [6.07, 6.45) is 1.74. The highest BCUT2D eigenvalue weighted by Gasteiger charge is 2.29. The molecule has 8 heteroatoms. The largest absolute Gasteiger partial charge is 0.493 e. The normalized spacial score (nSPS) is 15.2. The van der Waals surface area contributed by atoms with E-state index in [0.717, 1.165) is 0 Å². The van der Waals surface area contributed by atoms with Crippen LogP contribution in [0.2, 0.25) is 5.02 Å². The third-order valence-corrected chi connectivity index (χ3v) is 5.63. The molecule has 0 aromatic heterocycles. The van der Waals surface area contributed by atoms with Crippen LogP contribution in [0.5, 0.6) is 17.2 Å². The van der Waals surface area contributed by atoms with Gasteiger partial charge >= 0.3 is 0 Å². The number of thioether (sulfide) groups is 1. The Morgan fingerprint density at radius 2 is 1.79 bits per heavy atom. The Labute approximate surface area is 178 Å². The summed E-state index contributed by atoms with van der Waals surface area (Å²) >= 11 is 12.5. The van der Waals surface area contributed by atoms with Gasteiger partial charge in [0.2, 0.25) is 0 Å². The van der Waals surface area contributed by atoms with Crippen LogP contribution in [0.4, 0.5) is 0 Å². The Balaban J connectivity index is 1.68. The number of methoxy groups -OCH3 is 1. The first-order valence-electron chi connectivity index (χ1n) is 8.39. The fraction of sp³-hybridized carbons (Fsp3) is 0.200. The molecule has 0 radical (unpaired) electrons. The van der Waals surface area contributed by atoms with Crippen molar-refractivity contribution in [1.82, 2.24) is 4.90 Å². The van der Waals surface area contributed by atoms with Gasteiger partial charge in [-0.15, -0.1) is 0 Å². The van der Waals surface area contributed by atoms with E-state index in [1.165, 1.54) is 16.7 Å². The van der Waals surface area contributed by atoms with Crippen LogP contribution in [0.25, 0.3) is 6.08 Å². The average molecular weight is 436 g/mol. The van der Waals surface area contributed by atoms with Crippen LogP contribution in [0.3, 0.4) is 0 Å². The lowest BCUT2D eigenvalue weighted by Gasteiger charge is -2.13. The molecule has 146 valence electrons. The van der Waals surface area contributed by atoms with E-state index in [0.29, 0.717) is 50.3 Å². The molecule has 0 saturated carbocycles. The van der Waals surface area contributed by atoms with Crippen molar-refractivity contribution >= 4 is 51.9 Å². The van der Waals surface area contributed by atoms with E-state index >= 15 is 0 Å². The minimum Gasteiger partial charge on any atom is -0.493 e. The third kappa shape index (κ3) is 4.79. The van der Waals surface area contributed by atoms with Crippen LogP contribution >= 0.6 is 35.6 Å². The van der Waals surface area contributed by atoms with Crippen LogP contribution < -0.4 is 14.2 Å². The monoisotopic (exact) mass is 435 g/mol. The Kier molecular flexibility index (Phi) is 6.83. The van der Waals surface area contributed by atoms with Crippen molar-refractivity contribution in [2.75, 3.05) is 27.4 Å². The second-order valence-electron chi connectivity index (χ2n) is 5.77. The van der Waals surface area contributed by atoms with Gasteiger partial charge in [-0.3, -0.25) is 9.69 Å². The number of para-hydroxylation sites is 2. The van der Waals surface area contributed by atoms with Crippen molar-refractivity contribution in [2.24, 2.45) is 0 Å². The van der Waals surface area contributed by atoms with Gasteiger partial charge < -0.3 is 14.2 Å². The number of carbonyl (C=O) groups is 1. The average Bonchev–Trinajstić information content (AvgIpc) is 2.93. The first-order valence-corrected chi connectivity index (χ1v) is 9.99. The van der Waals surface area contributed by atoms with Crippen molar-refractivity contribution in [2.45, 2.75) is 0 Å². The standard InChI is InChI=1S/C20H18ClNO4S2/c1-22-19(23)18(28-20(22)27)12-13-11-14(21)7-8-15(13)25-9-10-26-17-6-4-3-5-16(17)24-2/h3-8,11-12H,9-10H2,1-2H3. The number of carbonyl (C=O) groups excluding carboxylic acids is 1. The molecular formula is C20H18ClNO4S2. The predicted molar refractivity (Wildman–Crippen MR) is 116 cm³/mol. The zero-order valence-electron chi connectivity index (χ0n) is 15.3. The zero-order valence-corrected chi connectivity index (χ0v) is 17.7. The molecule has 0 bridgehead atoms. The second kappa shape index (κ2) is 9.32. The Morgan fingerprint density at radius 1 is 1.11 bits per heavy atom. The maximum absolute atomic E-state index is 12.2. The molecule has 0 unspecified atom stereocenters. The van der Waals surface area contributed by atoms with Crippen molar-refractivity contribution < 1.29 is 19.0 Å². The van der Waals surface area contributed by atoms with Crippen molar-refractivity contribution in [3.8, 4) is 17.2 Å². The lowest BCUT2D eigenvalue weighted by atomic mass is 10.2. The van der Waals surface area contributed by atoms with Gasteiger partial charge in [-0.2, -0.15) is 0 Å². The summed E-state index contributed by atoms with van der Waals surface area (Å²) in [4.78, 5) is 14.2. The molecule has 1 aliphatic rings. The number of nitrogens with zero attached hydrogens (tertiary/aromatic N) is 1. The minimum absolute atomic E-state index is 0.138. The van der Waals surface area contributed by atoms with Crippen molar-refractivity contribution in [1.29, 1.82) is 0 Å². The molecule has 5 nitrogen and oxygen atoms in total. The molecule has 1 heterocycles. The highest BCUT2D eigenvalue weighted by Crippen LogP contribution is 2.34. The second-order valence-corrected chi connectivity index (χ2v) is 7.88. The number of halogens is 1. The van der Waals surface area contributed by atoms with Gasteiger partial charge in [0.25, 0.3) is 5.91 Å². The van der Waals surface area contributed by atoms with E-state index in [4.69, 9.17) is 38.0 Å². The van der Waals surface area contributed by atoms with E-state index in [2.05, 4.69) is 0 Å². The number of likely N-dealkylation sites (N-methyl/N-ethyl adjacent to an activating group) is 1. The zero-order chi connectivity index (χ0) is 20.1. The molecule has 0 aliphatic carbocycles. The molecular weight excluding hydrogens is 418 g/mol. The maximum atomic E-state index is 12.2. The van der Waals surface area contributed by atoms with E-state index in [-0.39, 0.29) is 5.91 Å². The van der Waals surface area contributed by atoms with Gasteiger partial charge in [0.1, 0.15) is 23.3 Å².